The van der Waals surface area contributed by atoms with Crippen LogP contribution in [-0.4, -0.2) is 36.5 Å². The molecule has 0 aliphatic heterocycles. The summed E-state index contributed by atoms with van der Waals surface area (Å²) in [6.45, 7) is 7.14. The first-order valence-corrected chi connectivity index (χ1v) is 6.97. The minimum absolute atomic E-state index is 0.0437. The number of nitro benzene ring substituents is 1. The average molecular weight is 279 g/mol. The van der Waals surface area contributed by atoms with Gasteiger partial charge in [-0.3, -0.25) is 10.1 Å². The van der Waals surface area contributed by atoms with Crippen molar-refractivity contribution in [3.63, 3.8) is 0 Å². The molecule has 0 saturated carbocycles. The summed E-state index contributed by atoms with van der Waals surface area (Å²) < 4.78 is 0. The molecule has 0 heterocycles. The highest BCUT2D eigenvalue weighted by Crippen LogP contribution is 2.24. The zero-order chi connectivity index (χ0) is 15.3. The smallest absolute Gasteiger partial charge is 0.274 e. The maximum Gasteiger partial charge on any atom is 0.274 e. The lowest BCUT2D eigenvalue weighted by Crippen LogP contribution is -2.42. The molecule has 20 heavy (non-hydrogen) atoms. The Morgan fingerprint density at radius 3 is 2.35 bits per heavy atom. The van der Waals surface area contributed by atoms with Crippen molar-refractivity contribution in [3.8, 4) is 0 Å². The molecular formula is C15H25N3O2. The van der Waals surface area contributed by atoms with Crippen LogP contribution in [-0.2, 0) is 0 Å². The molecule has 0 aliphatic carbocycles. The van der Waals surface area contributed by atoms with Gasteiger partial charge in [-0.15, -0.1) is 0 Å². The fourth-order valence-corrected chi connectivity index (χ4v) is 2.44. The fourth-order valence-electron chi connectivity index (χ4n) is 2.44. The highest BCUT2D eigenvalue weighted by Gasteiger charge is 2.20. The minimum Gasteiger partial charge on any atom is -0.308 e. The molecule has 0 radical (unpaired) electrons. The molecule has 1 N–H and O–H groups in total. The van der Waals surface area contributed by atoms with Crippen LogP contribution in [0.3, 0.4) is 0 Å². The Bertz CT molecular complexity index is 438. The van der Waals surface area contributed by atoms with Crippen LogP contribution < -0.4 is 5.32 Å². The minimum atomic E-state index is -0.320. The van der Waals surface area contributed by atoms with Crippen LogP contribution in [0.4, 0.5) is 5.69 Å². The van der Waals surface area contributed by atoms with Gasteiger partial charge in [0.2, 0.25) is 0 Å². The van der Waals surface area contributed by atoms with E-state index in [1.807, 2.05) is 19.1 Å². The van der Waals surface area contributed by atoms with Gasteiger partial charge in [0, 0.05) is 30.3 Å². The summed E-state index contributed by atoms with van der Waals surface area (Å²) in [7, 11) is 4.12. The van der Waals surface area contributed by atoms with Crippen LogP contribution >= 0.6 is 0 Å². The van der Waals surface area contributed by atoms with Crippen LogP contribution in [0.5, 0.6) is 0 Å². The molecule has 0 saturated heterocycles. The molecule has 112 valence electrons. The fraction of sp³-hybridized carbons (Fsp3) is 0.600. The number of likely N-dealkylation sites (N-methyl/N-ethyl adjacent to an activating group) is 1. The molecule has 2 atom stereocenters. The van der Waals surface area contributed by atoms with Gasteiger partial charge < -0.3 is 10.2 Å². The highest BCUT2D eigenvalue weighted by molar-refractivity contribution is 5.41. The molecule has 0 fully saturated rings. The Balaban J connectivity index is 2.77. The normalized spacial score (nSPS) is 14.6. The van der Waals surface area contributed by atoms with E-state index in [9.17, 15) is 10.1 Å². The lowest BCUT2D eigenvalue weighted by molar-refractivity contribution is -0.385. The van der Waals surface area contributed by atoms with E-state index in [1.165, 1.54) is 0 Å². The zero-order valence-electron chi connectivity index (χ0n) is 13.0. The van der Waals surface area contributed by atoms with Gasteiger partial charge in [-0.2, -0.15) is 0 Å². The number of nitrogens with zero attached hydrogens (tertiary/aromatic N) is 2. The number of nitrogens with one attached hydrogen (secondary N) is 1. The maximum atomic E-state index is 11.1. The Morgan fingerprint density at radius 1 is 1.25 bits per heavy atom. The predicted molar refractivity (Wildman–Crippen MR) is 81.8 cm³/mol. The quantitative estimate of drug-likeness (QED) is 0.616. The van der Waals surface area contributed by atoms with Gasteiger partial charge >= 0.3 is 0 Å². The average Bonchev–Trinajstić information content (AvgIpc) is 2.37. The van der Waals surface area contributed by atoms with Crippen molar-refractivity contribution in [3.05, 3.63) is 39.9 Å². The van der Waals surface area contributed by atoms with E-state index >= 15 is 0 Å². The SMILES string of the molecule is CC(NCC(C(C)C)N(C)C)c1ccccc1[N+](=O)[O-]. The van der Waals surface area contributed by atoms with Gasteiger partial charge in [-0.25, -0.2) is 0 Å². The Hall–Kier alpha value is -1.46. The van der Waals surface area contributed by atoms with Crippen molar-refractivity contribution in [1.82, 2.24) is 10.2 Å². The number of rotatable bonds is 7. The summed E-state index contributed by atoms with van der Waals surface area (Å²) in [6.07, 6.45) is 0. The van der Waals surface area contributed by atoms with Gasteiger partial charge in [0.05, 0.1) is 4.92 Å². The second kappa shape index (κ2) is 7.36. The largest absolute Gasteiger partial charge is 0.308 e. The first-order chi connectivity index (χ1) is 9.34. The lowest BCUT2D eigenvalue weighted by atomic mass is 10.0. The Labute approximate surface area is 121 Å². The van der Waals surface area contributed by atoms with Gasteiger partial charge in [-0.1, -0.05) is 32.0 Å². The molecule has 0 bridgehead atoms. The third-order valence-corrected chi connectivity index (χ3v) is 3.67. The molecule has 5 heteroatoms. The number of nitro groups is 1. The van der Waals surface area contributed by atoms with Crippen molar-refractivity contribution in [2.75, 3.05) is 20.6 Å². The van der Waals surface area contributed by atoms with Crippen LogP contribution in [0, 0.1) is 16.0 Å². The standard InChI is InChI=1S/C15H25N3O2/c1-11(2)15(17(4)5)10-16-12(3)13-8-6-7-9-14(13)18(19)20/h6-9,11-12,15-16H,10H2,1-5H3. The van der Waals surface area contributed by atoms with Crippen molar-refractivity contribution in [2.45, 2.75) is 32.9 Å². The predicted octanol–water partition coefficient (Wildman–Crippen LogP) is 2.83. The second-order valence-corrected chi connectivity index (χ2v) is 5.72. The molecule has 1 aromatic rings. The van der Waals surface area contributed by atoms with Gasteiger partial charge in [0.15, 0.2) is 0 Å². The number of para-hydroxylation sites is 1. The van der Waals surface area contributed by atoms with Crippen molar-refractivity contribution < 1.29 is 4.92 Å². The van der Waals surface area contributed by atoms with Crippen LogP contribution in [0.2, 0.25) is 0 Å². The van der Waals surface area contributed by atoms with E-state index in [1.54, 1.807) is 12.1 Å². The monoisotopic (exact) mass is 279 g/mol. The highest BCUT2D eigenvalue weighted by atomic mass is 16.6. The summed E-state index contributed by atoms with van der Waals surface area (Å²) >= 11 is 0. The van der Waals surface area contributed by atoms with Gasteiger partial charge in [-0.05, 0) is 26.9 Å². The van der Waals surface area contributed by atoms with Crippen LogP contribution in [0.25, 0.3) is 0 Å². The van der Waals surface area contributed by atoms with Gasteiger partial charge in [0.1, 0.15) is 0 Å². The molecule has 1 rings (SSSR count). The zero-order valence-corrected chi connectivity index (χ0v) is 13.0. The molecule has 0 amide bonds. The van der Waals surface area contributed by atoms with E-state index < -0.39 is 0 Å². The van der Waals surface area contributed by atoms with Crippen LogP contribution in [0.15, 0.2) is 24.3 Å². The summed E-state index contributed by atoms with van der Waals surface area (Å²) in [5, 5.41) is 14.5. The summed E-state index contributed by atoms with van der Waals surface area (Å²) in [5.74, 6) is 0.524. The van der Waals surface area contributed by atoms with E-state index in [-0.39, 0.29) is 16.7 Å². The number of hydrogen-bond acceptors (Lipinski definition) is 4. The Kier molecular flexibility index (Phi) is 6.10. The van der Waals surface area contributed by atoms with Crippen molar-refractivity contribution in [1.29, 1.82) is 0 Å². The first kappa shape index (κ1) is 16.6. The molecule has 1 aromatic carbocycles. The molecule has 0 aromatic heterocycles. The lowest BCUT2D eigenvalue weighted by Gasteiger charge is -2.29. The van der Waals surface area contributed by atoms with Crippen molar-refractivity contribution in [2.24, 2.45) is 5.92 Å². The maximum absolute atomic E-state index is 11.1. The molecule has 2 unspecified atom stereocenters. The summed E-state index contributed by atoms with van der Waals surface area (Å²) in [5.41, 5.74) is 0.914. The van der Waals surface area contributed by atoms with Crippen molar-refractivity contribution >= 4 is 5.69 Å². The van der Waals surface area contributed by atoms with E-state index in [2.05, 4.69) is 38.2 Å². The Morgan fingerprint density at radius 2 is 1.85 bits per heavy atom. The molecule has 0 aliphatic rings. The summed E-state index contributed by atoms with van der Waals surface area (Å²) in [4.78, 5) is 12.9. The molecule has 5 nitrogen and oxygen atoms in total. The number of hydrogen-bond donors (Lipinski definition) is 1. The molecule has 0 spiro atoms. The second-order valence-electron chi connectivity index (χ2n) is 5.72. The topological polar surface area (TPSA) is 58.4 Å². The van der Waals surface area contributed by atoms with E-state index in [0.717, 1.165) is 12.1 Å². The van der Waals surface area contributed by atoms with E-state index in [0.29, 0.717) is 12.0 Å². The number of benzene rings is 1. The first-order valence-electron chi connectivity index (χ1n) is 6.97. The molecular weight excluding hydrogens is 254 g/mol. The third-order valence-electron chi connectivity index (χ3n) is 3.67. The van der Waals surface area contributed by atoms with Gasteiger partial charge in [0.25, 0.3) is 5.69 Å². The summed E-state index contributed by atoms with van der Waals surface area (Å²) in [6, 6.07) is 7.27. The van der Waals surface area contributed by atoms with E-state index in [4.69, 9.17) is 0 Å². The third kappa shape index (κ3) is 4.28. The van der Waals surface area contributed by atoms with Crippen LogP contribution in [0.1, 0.15) is 32.4 Å².